The number of benzene rings is 1. The van der Waals surface area contributed by atoms with Gasteiger partial charge in [0.1, 0.15) is 12.2 Å². The van der Waals surface area contributed by atoms with Crippen LogP contribution in [0.1, 0.15) is 15.9 Å². The maximum absolute atomic E-state index is 11.3. The average Bonchev–Trinajstić information content (AvgIpc) is 2.37. The maximum atomic E-state index is 11.3. The largest absolute Gasteiger partial charge is 0.472 e. The summed E-state index contributed by atoms with van der Waals surface area (Å²) in [5, 5.41) is 0. The Morgan fingerprint density at radius 2 is 2.16 bits per heavy atom. The second-order valence-corrected chi connectivity index (χ2v) is 4.82. The second kappa shape index (κ2) is 5.71. The summed E-state index contributed by atoms with van der Waals surface area (Å²) in [6.07, 6.45) is 1.42. The highest BCUT2D eigenvalue weighted by Crippen LogP contribution is 2.19. The van der Waals surface area contributed by atoms with Gasteiger partial charge in [-0.2, -0.15) is 0 Å². The monoisotopic (exact) mass is 321 g/mol. The fourth-order valence-corrected chi connectivity index (χ4v) is 1.99. The van der Waals surface area contributed by atoms with E-state index in [0.717, 1.165) is 10.0 Å². The number of nitrogens with two attached hydrogens (primary N) is 2. The normalized spacial score (nSPS) is 10.2. The third kappa shape index (κ3) is 3.45. The van der Waals surface area contributed by atoms with Gasteiger partial charge in [0, 0.05) is 4.47 Å². The molecule has 5 nitrogen and oxygen atoms in total. The van der Waals surface area contributed by atoms with Crippen molar-refractivity contribution in [2.45, 2.75) is 6.61 Å². The predicted molar refractivity (Wildman–Crippen MR) is 75.6 cm³/mol. The molecule has 0 radical (unpaired) electrons. The van der Waals surface area contributed by atoms with Crippen LogP contribution in [0.3, 0.4) is 0 Å². The van der Waals surface area contributed by atoms with Gasteiger partial charge in [0.15, 0.2) is 0 Å². The highest BCUT2D eigenvalue weighted by Gasteiger charge is 2.11. The van der Waals surface area contributed by atoms with Crippen molar-refractivity contribution in [2.75, 3.05) is 5.73 Å². The number of hydrogen-bond acceptors (Lipinski definition) is 4. The van der Waals surface area contributed by atoms with E-state index in [1.165, 1.54) is 12.3 Å². The van der Waals surface area contributed by atoms with Gasteiger partial charge in [-0.05, 0) is 23.8 Å². The van der Waals surface area contributed by atoms with E-state index >= 15 is 0 Å². The minimum atomic E-state index is -0.621. The lowest BCUT2D eigenvalue weighted by Crippen LogP contribution is -2.14. The number of carbonyl (C=O) groups excluding carboxylic acids is 1. The van der Waals surface area contributed by atoms with Gasteiger partial charge in [-0.3, -0.25) is 4.79 Å². The number of primary amides is 1. The number of hydrogen-bond donors (Lipinski definition) is 2. The Morgan fingerprint density at radius 1 is 1.37 bits per heavy atom. The summed E-state index contributed by atoms with van der Waals surface area (Å²) in [5.41, 5.74) is 12.3. The van der Waals surface area contributed by atoms with Gasteiger partial charge in [0.05, 0.1) is 11.9 Å². The molecule has 0 spiro atoms. The van der Waals surface area contributed by atoms with Crippen molar-refractivity contribution < 1.29 is 9.53 Å². The summed E-state index contributed by atoms with van der Waals surface area (Å²) in [4.78, 5) is 15.3. The highest BCUT2D eigenvalue weighted by molar-refractivity contribution is 9.10. The third-order valence-electron chi connectivity index (χ3n) is 2.40. The zero-order valence-corrected chi connectivity index (χ0v) is 11.6. The first-order valence-corrected chi connectivity index (χ1v) is 6.28. The molecule has 0 saturated heterocycles. The molecule has 0 aliphatic heterocycles. The summed E-state index contributed by atoms with van der Waals surface area (Å²) in [6.45, 7) is 0.288. The number of nitrogens with zero attached hydrogens (tertiary/aromatic N) is 1. The van der Waals surface area contributed by atoms with Crippen molar-refractivity contribution >= 4 is 27.5 Å². The molecule has 0 aliphatic rings. The summed E-state index contributed by atoms with van der Waals surface area (Å²) >= 11 is 3.37. The summed E-state index contributed by atoms with van der Waals surface area (Å²) in [7, 11) is 0. The van der Waals surface area contributed by atoms with Crippen LogP contribution in [0.4, 0.5) is 5.69 Å². The van der Waals surface area contributed by atoms with Gasteiger partial charge in [0.25, 0.3) is 5.91 Å². The van der Waals surface area contributed by atoms with Crippen molar-refractivity contribution in [3.8, 4) is 5.88 Å². The van der Waals surface area contributed by atoms with E-state index in [-0.39, 0.29) is 18.1 Å². The van der Waals surface area contributed by atoms with E-state index < -0.39 is 5.91 Å². The molecule has 1 aromatic heterocycles. The number of pyridine rings is 1. The van der Waals surface area contributed by atoms with Crippen molar-refractivity contribution in [3.05, 3.63) is 52.1 Å². The average molecular weight is 322 g/mol. The molecule has 0 aliphatic carbocycles. The number of anilines is 1. The second-order valence-electron chi connectivity index (χ2n) is 3.90. The van der Waals surface area contributed by atoms with Crippen LogP contribution >= 0.6 is 15.9 Å². The molecule has 19 heavy (non-hydrogen) atoms. The molecular weight excluding hydrogens is 310 g/mol. The lowest BCUT2D eigenvalue weighted by Gasteiger charge is -2.09. The lowest BCUT2D eigenvalue weighted by molar-refractivity contribution is 0.0995. The molecule has 1 aromatic carbocycles. The van der Waals surface area contributed by atoms with E-state index in [0.29, 0.717) is 5.69 Å². The molecular formula is C13H12BrN3O2. The number of halogens is 1. The number of aromatic nitrogens is 1. The van der Waals surface area contributed by atoms with E-state index in [1.807, 2.05) is 24.3 Å². The van der Waals surface area contributed by atoms with Gasteiger partial charge in [-0.25, -0.2) is 4.98 Å². The Balaban J connectivity index is 2.17. The first-order valence-electron chi connectivity index (χ1n) is 5.49. The number of nitrogen functional groups attached to an aromatic ring is 1. The summed E-state index contributed by atoms with van der Waals surface area (Å²) in [5.74, 6) is -0.439. The predicted octanol–water partition coefficient (Wildman–Crippen LogP) is 2.10. The number of rotatable bonds is 4. The van der Waals surface area contributed by atoms with Crippen molar-refractivity contribution in [3.63, 3.8) is 0 Å². The molecule has 0 saturated carbocycles. The number of carbonyl (C=O) groups is 1. The van der Waals surface area contributed by atoms with Crippen LogP contribution in [-0.2, 0) is 6.61 Å². The highest BCUT2D eigenvalue weighted by atomic mass is 79.9. The molecule has 0 bridgehead atoms. The van der Waals surface area contributed by atoms with Gasteiger partial charge in [-0.15, -0.1) is 0 Å². The molecule has 1 heterocycles. The number of ether oxygens (including phenoxy) is 1. The molecule has 0 fully saturated rings. The molecule has 6 heteroatoms. The molecule has 0 atom stereocenters. The van der Waals surface area contributed by atoms with Gasteiger partial charge in [0.2, 0.25) is 5.88 Å². The zero-order valence-electron chi connectivity index (χ0n) is 9.97. The van der Waals surface area contributed by atoms with Crippen molar-refractivity contribution in [2.24, 2.45) is 5.73 Å². The molecule has 98 valence electrons. The molecule has 1 amide bonds. The van der Waals surface area contributed by atoms with Crippen LogP contribution in [-0.4, -0.2) is 10.9 Å². The minimum Gasteiger partial charge on any atom is -0.472 e. The fourth-order valence-electron chi connectivity index (χ4n) is 1.54. The van der Waals surface area contributed by atoms with Gasteiger partial charge in [-0.1, -0.05) is 28.1 Å². The maximum Gasteiger partial charge on any atom is 0.254 e. The zero-order chi connectivity index (χ0) is 13.8. The third-order valence-corrected chi connectivity index (χ3v) is 2.90. The first-order chi connectivity index (χ1) is 9.06. The lowest BCUT2D eigenvalue weighted by atomic mass is 10.2. The van der Waals surface area contributed by atoms with Gasteiger partial charge < -0.3 is 16.2 Å². The Bertz CT molecular complexity index is 617. The smallest absolute Gasteiger partial charge is 0.254 e. The van der Waals surface area contributed by atoms with Crippen LogP contribution in [0, 0.1) is 0 Å². The minimum absolute atomic E-state index is 0.176. The standard InChI is InChI=1S/C13H12BrN3O2/c14-9-3-1-2-8(4-9)7-19-13-11(12(16)18)5-10(15)6-17-13/h1-6H,7,15H2,(H2,16,18). The summed E-state index contributed by atoms with van der Waals surface area (Å²) in [6, 6.07) is 9.09. The van der Waals surface area contributed by atoms with E-state index in [2.05, 4.69) is 20.9 Å². The Labute approximate surface area is 118 Å². The van der Waals surface area contributed by atoms with Crippen LogP contribution in [0.25, 0.3) is 0 Å². The van der Waals surface area contributed by atoms with Gasteiger partial charge >= 0.3 is 0 Å². The number of amides is 1. The fraction of sp³-hybridized carbons (Fsp3) is 0.0769. The Morgan fingerprint density at radius 3 is 2.84 bits per heavy atom. The summed E-state index contributed by atoms with van der Waals surface area (Å²) < 4.78 is 6.46. The first kappa shape index (κ1) is 13.4. The quantitative estimate of drug-likeness (QED) is 0.902. The van der Waals surface area contributed by atoms with Crippen molar-refractivity contribution in [1.29, 1.82) is 0 Å². The van der Waals surface area contributed by atoms with Crippen LogP contribution < -0.4 is 16.2 Å². The van der Waals surface area contributed by atoms with Crippen LogP contribution in [0.5, 0.6) is 5.88 Å². The van der Waals surface area contributed by atoms with E-state index in [4.69, 9.17) is 16.2 Å². The van der Waals surface area contributed by atoms with E-state index in [1.54, 1.807) is 0 Å². The van der Waals surface area contributed by atoms with Crippen LogP contribution in [0.2, 0.25) is 0 Å². The van der Waals surface area contributed by atoms with Crippen molar-refractivity contribution in [1.82, 2.24) is 4.98 Å². The Hall–Kier alpha value is -2.08. The molecule has 4 N–H and O–H groups in total. The molecule has 2 rings (SSSR count). The van der Waals surface area contributed by atoms with E-state index in [9.17, 15) is 4.79 Å². The molecule has 2 aromatic rings. The topological polar surface area (TPSA) is 91.2 Å². The SMILES string of the molecule is NC(=O)c1cc(N)cnc1OCc1cccc(Br)c1. The molecule has 0 unspecified atom stereocenters. The Kier molecular flexibility index (Phi) is 4.01. The van der Waals surface area contributed by atoms with Crippen LogP contribution in [0.15, 0.2) is 41.0 Å².